The summed E-state index contributed by atoms with van der Waals surface area (Å²) in [4.78, 5) is 8.24. The molecular formula is C18H17FN4O. The van der Waals surface area contributed by atoms with E-state index in [2.05, 4.69) is 15.4 Å². The van der Waals surface area contributed by atoms with Gasteiger partial charge in [-0.15, -0.1) is 0 Å². The van der Waals surface area contributed by atoms with Crippen molar-refractivity contribution in [2.24, 2.45) is 5.84 Å². The van der Waals surface area contributed by atoms with Crippen LogP contribution >= 0.6 is 0 Å². The average molecular weight is 324 g/mol. The highest BCUT2D eigenvalue weighted by molar-refractivity contribution is 5.65. The van der Waals surface area contributed by atoms with Crippen molar-refractivity contribution in [3.05, 3.63) is 71.8 Å². The van der Waals surface area contributed by atoms with Gasteiger partial charge < -0.3 is 10.2 Å². The molecule has 0 aliphatic heterocycles. The number of halogens is 1. The van der Waals surface area contributed by atoms with Crippen LogP contribution in [0.2, 0.25) is 0 Å². The van der Waals surface area contributed by atoms with Gasteiger partial charge in [0.05, 0.1) is 18.1 Å². The van der Waals surface area contributed by atoms with Crippen molar-refractivity contribution in [2.45, 2.75) is 13.5 Å². The number of hydrogen-bond donors (Lipinski definition) is 2. The van der Waals surface area contributed by atoms with E-state index in [1.54, 1.807) is 6.07 Å². The minimum absolute atomic E-state index is 0.385. The molecule has 6 heteroatoms. The Bertz CT molecular complexity index is 799. The van der Waals surface area contributed by atoms with Crippen LogP contribution in [0.15, 0.2) is 54.9 Å². The number of anilines is 1. The first-order chi connectivity index (χ1) is 11.7. The Kier molecular flexibility index (Phi) is 4.67. The summed E-state index contributed by atoms with van der Waals surface area (Å²) in [5, 5.41) is 0. The van der Waals surface area contributed by atoms with E-state index in [4.69, 9.17) is 10.6 Å². The predicted octanol–water partition coefficient (Wildman–Crippen LogP) is 3.46. The second-order valence-corrected chi connectivity index (χ2v) is 5.30. The van der Waals surface area contributed by atoms with Gasteiger partial charge in [-0.05, 0) is 24.1 Å². The molecule has 2 aromatic carbocycles. The highest BCUT2D eigenvalue weighted by Gasteiger charge is 2.13. The maximum atomic E-state index is 14.5. The quantitative estimate of drug-likeness (QED) is 0.555. The van der Waals surface area contributed by atoms with Gasteiger partial charge >= 0.3 is 0 Å². The van der Waals surface area contributed by atoms with Gasteiger partial charge in [-0.3, -0.25) is 4.98 Å². The normalized spacial score (nSPS) is 10.5. The molecular weight excluding hydrogens is 307 g/mol. The molecule has 0 fully saturated rings. The van der Waals surface area contributed by atoms with E-state index in [0.29, 0.717) is 29.4 Å². The number of benzene rings is 2. The van der Waals surface area contributed by atoms with Crippen LogP contribution in [0.1, 0.15) is 11.1 Å². The molecule has 1 aromatic heterocycles. The Hall–Kier alpha value is -2.99. The Balaban J connectivity index is 1.82. The predicted molar refractivity (Wildman–Crippen MR) is 90.7 cm³/mol. The number of nitrogens with zero attached hydrogens (tertiary/aromatic N) is 2. The summed E-state index contributed by atoms with van der Waals surface area (Å²) in [7, 11) is 0. The maximum absolute atomic E-state index is 14.5. The molecule has 0 aliphatic rings. The molecule has 0 amide bonds. The first-order valence-electron chi connectivity index (χ1n) is 7.43. The third-order valence-electron chi connectivity index (χ3n) is 3.57. The van der Waals surface area contributed by atoms with Crippen molar-refractivity contribution in [1.29, 1.82) is 0 Å². The van der Waals surface area contributed by atoms with Gasteiger partial charge in [0.2, 0.25) is 0 Å². The van der Waals surface area contributed by atoms with Gasteiger partial charge in [0.1, 0.15) is 18.2 Å². The van der Waals surface area contributed by atoms with Gasteiger partial charge in [0.25, 0.3) is 0 Å². The van der Waals surface area contributed by atoms with Gasteiger partial charge in [-0.1, -0.05) is 30.3 Å². The minimum Gasteiger partial charge on any atom is -0.489 e. The highest BCUT2D eigenvalue weighted by Crippen LogP contribution is 2.29. The van der Waals surface area contributed by atoms with Crippen LogP contribution in [-0.2, 0) is 6.61 Å². The minimum atomic E-state index is -0.402. The molecule has 0 saturated heterocycles. The monoisotopic (exact) mass is 324 g/mol. The van der Waals surface area contributed by atoms with E-state index in [9.17, 15) is 4.39 Å². The van der Waals surface area contributed by atoms with Crippen LogP contribution in [0.3, 0.4) is 0 Å². The molecule has 0 saturated carbocycles. The summed E-state index contributed by atoms with van der Waals surface area (Å²) >= 11 is 0. The van der Waals surface area contributed by atoms with E-state index in [1.165, 1.54) is 18.5 Å². The van der Waals surface area contributed by atoms with Crippen LogP contribution in [0.25, 0.3) is 11.3 Å². The second kappa shape index (κ2) is 7.06. The van der Waals surface area contributed by atoms with Crippen molar-refractivity contribution in [3.8, 4) is 17.0 Å². The first kappa shape index (κ1) is 15.9. The van der Waals surface area contributed by atoms with Crippen molar-refractivity contribution in [2.75, 3.05) is 5.43 Å². The number of ether oxygens (including phenoxy) is 1. The molecule has 0 bridgehead atoms. The molecule has 0 spiro atoms. The molecule has 5 nitrogen and oxygen atoms in total. The fourth-order valence-electron chi connectivity index (χ4n) is 2.39. The highest BCUT2D eigenvalue weighted by atomic mass is 19.1. The van der Waals surface area contributed by atoms with Gasteiger partial charge in [0, 0.05) is 11.6 Å². The molecule has 24 heavy (non-hydrogen) atoms. The van der Waals surface area contributed by atoms with Gasteiger partial charge in [-0.2, -0.15) is 0 Å². The number of nitrogen functional groups attached to an aromatic ring is 1. The molecule has 3 rings (SSSR count). The fraction of sp³-hybridized carbons (Fsp3) is 0.111. The molecule has 0 aliphatic carbocycles. The zero-order valence-electron chi connectivity index (χ0n) is 13.2. The van der Waals surface area contributed by atoms with E-state index >= 15 is 0 Å². The zero-order chi connectivity index (χ0) is 16.9. The lowest BCUT2D eigenvalue weighted by Gasteiger charge is -2.11. The number of aromatic nitrogens is 2. The lowest BCUT2D eigenvalue weighted by atomic mass is 10.0. The Morgan fingerprint density at radius 3 is 2.54 bits per heavy atom. The molecule has 3 N–H and O–H groups in total. The zero-order valence-corrected chi connectivity index (χ0v) is 13.2. The fourth-order valence-corrected chi connectivity index (χ4v) is 2.39. The Morgan fingerprint density at radius 2 is 1.92 bits per heavy atom. The van der Waals surface area contributed by atoms with Crippen LogP contribution < -0.4 is 16.0 Å². The number of aryl methyl sites for hydroxylation is 1. The van der Waals surface area contributed by atoms with Gasteiger partial charge in [-0.25, -0.2) is 15.2 Å². The van der Waals surface area contributed by atoms with Crippen LogP contribution in [0.4, 0.5) is 10.2 Å². The van der Waals surface area contributed by atoms with E-state index < -0.39 is 5.82 Å². The number of hydrogen-bond acceptors (Lipinski definition) is 5. The summed E-state index contributed by atoms with van der Waals surface area (Å²) in [6.45, 7) is 2.19. The first-order valence-corrected chi connectivity index (χ1v) is 7.43. The lowest BCUT2D eigenvalue weighted by Crippen LogP contribution is -2.08. The number of nitrogens with one attached hydrogen (secondary N) is 1. The molecule has 3 aromatic rings. The lowest BCUT2D eigenvalue weighted by molar-refractivity contribution is 0.304. The third-order valence-corrected chi connectivity index (χ3v) is 3.57. The van der Waals surface area contributed by atoms with Crippen molar-refractivity contribution < 1.29 is 9.13 Å². The van der Waals surface area contributed by atoms with E-state index in [1.807, 2.05) is 37.3 Å². The average Bonchev–Trinajstić information content (AvgIpc) is 2.61. The topological polar surface area (TPSA) is 73.1 Å². The standard InChI is InChI=1S/C18H17FN4O/c1-12-7-14(24-11-13-5-3-2-4-6-13)8-15(19)18(12)16-9-22-17(23-20)10-21-16/h2-10H,11,20H2,1H3,(H,22,23). The summed E-state index contributed by atoms with van der Waals surface area (Å²) < 4.78 is 20.2. The van der Waals surface area contributed by atoms with Crippen LogP contribution in [0.5, 0.6) is 5.75 Å². The largest absolute Gasteiger partial charge is 0.489 e. The van der Waals surface area contributed by atoms with E-state index in [0.717, 1.165) is 11.1 Å². The Labute approximate surface area is 139 Å². The summed E-state index contributed by atoms with van der Waals surface area (Å²) in [6.07, 6.45) is 2.93. The molecule has 122 valence electrons. The molecule has 0 unspecified atom stereocenters. The molecule has 0 atom stereocenters. The number of nitrogens with two attached hydrogens (primary N) is 1. The number of hydrazine groups is 1. The maximum Gasteiger partial charge on any atom is 0.158 e. The summed E-state index contributed by atoms with van der Waals surface area (Å²) in [6, 6.07) is 12.9. The van der Waals surface area contributed by atoms with Crippen LogP contribution in [0, 0.1) is 12.7 Å². The summed E-state index contributed by atoms with van der Waals surface area (Å²) in [5.41, 5.74) is 4.98. The second-order valence-electron chi connectivity index (χ2n) is 5.30. The van der Waals surface area contributed by atoms with Gasteiger partial charge in [0.15, 0.2) is 5.82 Å². The van der Waals surface area contributed by atoms with E-state index in [-0.39, 0.29) is 0 Å². The van der Waals surface area contributed by atoms with Crippen LogP contribution in [-0.4, -0.2) is 9.97 Å². The molecule has 1 heterocycles. The SMILES string of the molecule is Cc1cc(OCc2ccccc2)cc(F)c1-c1cnc(NN)cn1. The van der Waals surface area contributed by atoms with Crippen molar-refractivity contribution in [1.82, 2.24) is 9.97 Å². The smallest absolute Gasteiger partial charge is 0.158 e. The Morgan fingerprint density at radius 1 is 1.12 bits per heavy atom. The number of rotatable bonds is 5. The van der Waals surface area contributed by atoms with Crippen molar-refractivity contribution >= 4 is 5.82 Å². The molecule has 0 radical (unpaired) electrons. The third kappa shape index (κ3) is 3.49. The summed E-state index contributed by atoms with van der Waals surface area (Å²) in [5.74, 6) is 5.75. The van der Waals surface area contributed by atoms with Crippen molar-refractivity contribution in [3.63, 3.8) is 0 Å².